The molecule has 138 valence electrons. The van der Waals surface area contributed by atoms with E-state index in [2.05, 4.69) is 10.4 Å². The Kier molecular flexibility index (Phi) is 5.42. The molecule has 3 rings (SSSR count). The van der Waals surface area contributed by atoms with Crippen LogP contribution in [0.5, 0.6) is 0 Å². The van der Waals surface area contributed by atoms with Crippen LogP contribution in [0.1, 0.15) is 48.4 Å². The Bertz CT molecular complexity index is 650. The number of likely N-dealkylation sites (tertiary alicyclic amines) is 1. The molecule has 0 aliphatic carbocycles. The van der Waals surface area contributed by atoms with Crippen LogP contribution in [0.15, 0.2) is 0 Å². The van der Waals surface area contributed by atoms with Crippen LogP contribution in [0.4, 0.5) is 0 Å². The zero-order valence-corrected chi connectivity index (χ0v) is 15.5. The second-order valence-electron chi connectivity index (χ2n) is 6.93. The van der Waals surface area contributed by atoms with E-state index in [1.54, 1.807) is 0 Å². The number of fused-ring (bicyclic) bond motifs is 1. The van der Waals surface area contributed by atoms with E-state index in [9.17, 15) is 9.59 Å². The van der Waals surface area contributed by atoms with Gasteiger partial charge in [0, 0.05) is 64.0 Å². The molecule has 0 saturated carbocycles. The number of aryl methyl sites for hydroxylation is 1. The lowest BCUT2D eigenvalue weighted by molar-refractivity contribution is -0.136. The highest BCUT2D eigenvalue weighted by Crippen LogP contribution is 2.23. The number of piperidine rings is 1. The molecular formula is C18H29N5O2. The van der Waals surface area contributed by atoms with Crippen molar-refractivity contribution in [2.45, 2.75) is 39.7 Å². The first-order chi connectivity index (χ1) is 12.1. The standard InChI is InChI=1S/C18H29N5O2/c1-4-22(5-2)17(24)13-7-6-10-23(12-13)18(25)16-14-11-19-9-8-15(14)21(3)20-16/h13,19H,4-12H2,1-3H3. The van der Waals surface area contributed by atoms with E-state index < -0.39 is 0 Å². The van der Waals surface area contributed by atoms with Crippen LogP contribution in [0, 0.1) is 5.92 Å². The quantitative estimate of drug-likeness (QED) is 0.874. The lowest BCUT2D eigenvalue weighted by atomic mass is 9.95. The number of nitrogens with one attached hydrogen (secondary N) is 1. The van der Waals surface area contributed by atoms with Gasteiger partial charge >= 0.3 is 0 Å². The number of hydrogen-bond acceptors (Lipinski definition) is 4. The monoisotopic (exact) mass is 347 g/mol. The molecule has 3 heterocycles. The number of nitrogens with zero attached hydrogens (tertiary/aromatic N) is 4. The van der Waals surface area contributed by atoms with E-state index in [1.165, 1.54) is 0 Å². The average Bonchev–Trinajstić information content (AvgIpc) is 2.99. The highest BCUT2D eigenvalue weighted by atomic mass is 16.2. The molecule has 1 unspecified atom stereocenters. The first-order valence-corrected chi connectivity index (χ1v) is 9.40. The van der Waals surface area contributed by atoms with Gasteiger partial charge < -0.3 is 15.1 Å². The second-order valence-corrected chi connectivity index (χ2v) is 6.93. The smallest absolute Gasteiger partial charge is 0.274 e. The maximum Gasteiger partial charge on any atom is 0.274 e. The van der Waals surface area contributed by atoms with E-state index in [4.69, 9.17) is 0 Å². The molecular weight excluding hydrogens is 318 g/mol. The molecule has 1 aromatic rings. The predicted octanol–water partition coefficient (Wildman–Crippen LogP) is 0.786. The van der Waals surface area contributed by atoms with E-state index in [1.807, 2.05) is 35.4 Å². The molecule has 2 aliphatic rings. The molecule has 1 atom stereocenters. The van der Waals surface area contributed by atoms with Crippen molar-refractivity contribution in [3.63, 3.8) is 0 Å². The molecule has 1 aromatic heterocycles. The van der Waals surface area contributed by atoms with Crippen LogP contribution in [0.25, 0.3) is 0 Å². The maximum atomic E-state index is 13.1. The molecule has 2 amide bonds. The first kappa shape index (κ1) is 17.9. The van der Waals surface area contributed by atoms with E-state index >= 15 is 0 Å². The Morgan fingerprint density at radius 1 is 1.32 bits per heavy atom. The van der Waals surface area contributed by atoms with E-state index in [0.717, 1.165) is 50.2 Å². The summed E-state index contributed by atoms with van der Waals surface area (Å²) in [7, 11) is 1.91. The highest BCUT2D eigenvalue weighted by Gasteiger charge is 2.33. The van der Waals surface area contributed by atoms with Gasteiger partial charge in [-0.2, -0.15) is 5.10 Å². The largest absolute Gasteiger partial charge is 0.343 e. The Morgan fingerprint density at radius 2 is 2.08 bits per heavy atom. The van der Waals surface area contributed by atoms with Gasteiger partial charge in [0.25, 0.3) is 5.91 Å². The van der Waals surface area contributed by atoms with Crippen LogP contribution in [-0.2, 0) is 24.8 Å². The molecule has 1 N–H and O–H groups in total. The molecule has 2 aliphatic heterocycles. The zero-order valence-electron chi connectivity index (χ0n) is 15.5. The molecule has 7 nitrogen and oxygen atoms in total. The molecule has 7 heteroatoms. The van der Waals surface area contributed by atoms with Gasteiger partial charge in [0.1, 0.15) is 0 Å². The minimum Gasteiger partial charge on any atom is -0.343 e. The number of carbonyl (C=O) groups is 2. The summed E-state index contributed by atoms with van der Waals surface area (Å²) in [6, 6.07) is 0. The van der Waals surface area contributed by atoms with Gasteiger partial charge in [-0.25, -0.2) is 0 Å². The van der Waals surface area contributed by atoms with Gasteiger partial charge in [-0.3, -0.25) is 14.3 Å². The van der Waals surface area contributed by atoms with Gasteiger partial charge in [0.05, 0.1) is 5.92 Å². The predicted molar refractivity (Wildman–Crippen MR) is 95.2 cm³/mol. The fourth-order valence-corrected chi connectivity index (χ4v) is 4.00. The van der Waals surface area contributed by atoms with Crippen LogP contribution in [-0.4, -0.2) is 64.1 Å². The fraction of sp³-hybridized carbons (Fsp3) is 0.722. The number of hydrogen-bond donors (Lipinski definition) is 1. The minimum absolute atomic E-state index is 0.0300. The maximum absolute atomic E-state index is 13.1. The van der Waals surface area contributed by atoms with Gasteiger partial charge in [-0.1, -0.05) is 0 Å². The summed E-state index contributed by atoms with van der Waals surface area (Å²) in [5, 5.41) is 7.82. The SMILES string of the molecule is CCN(CC)C(=O)C1CCCN(C(=O)c2nn(C)c3c2CNCC3)C1. The molecule has 1 fully saturated rings. The molecule has 0 radical (unpaired) electrons. The third-order valence-electron chi connectivity index (χ3n) is 5.45. The van der Waals surface area contributed by atoms with Crippen LogP contribution < -0.4 is 5.32 Å². The molecule has 0 spiro atoms. The second kappa shape index (κ2) is 7.56. The minimum atomic E-state index is -0.0877. The Morgan fingerprint density at radius 3 is 2.80 bits per heavy atom. The average molecular weight is 347 g/mol. The summed E-state index contributed by atoms with van der Waals surface area (Å²) in [5.41, 5.74) is 2.73. The highest BCUT2D eigenvalue weighted by molar-refractivity contribution is 5.94. The van der Waals surface area contributed by atoms with Crippen molar-refractivity contribution < 1.29 is 9.59 Å². The third-order valence-corrected chi connectivity index (χ3v) is 5.45. The van der Waals surface area contributed by atoms with E-state index in [0.29, 0.717) is 25.3 Å². The third kappa shape index (κ3) is 3.42. The Balaban J connectivity index is 1.76. The number of carbonyl (C=O) groups excluding carboxylic acids is 2. The summed E-state index contributed by atoms with van der Waals surface area (Å²) in [6.45, 7) is 8.27. The van der Waals surface area contributed by atoms with Crippen molar-refractivity contribution in [2.24, 2.45) is 13.0 Å². The van der Waals surface area contributed by atoms with Crippen LogP contribution >= 0.6 is 0 Å². The van der Waals surface area contributed by atoms with Gasteiger partial charge in [0.2, 0.25) is 5.91 Å². The Labute approximate surface area is 149 Å². The summed E-state index contributed by atoms with van der Waals surface area (Å²) in [4.78, 5) is 29.4. The molecule has 1 saturated heterocycles. The van der Waals surface area contributed by atoms with E-state index in [-0.39, 0.29) is 17.7 Å². The van der Waals surface area contributed by atoms with Crippen molar-refractivity contribution in [1.82, 2.24) is 24.9 Å². The summed E-state index contributed by atoms with van der Waals surface area (Å²) >= 11 is 0. The molecule has 0 bridgehead atoms. The number of aromatic nitrogens is 2. The normalized spacial score (nSPS) is 20.3. The van der Waals surface area contributed by atoms with Crippen molar-refractivity contribution in [2.75, 3.05) is 32.7 Å². The number of amides is 2. The van der Waals surface area contributed by atoms with Crippen molar-refractivity contribution in [3.05, 3.63) is 17.0 Å². The lowest BCUT2D eigenvalue weighted by Gasteiger charge is -2.34. The fourth-order valence-electron chi connectivity index (χ4n) is 4.00. The van der Waals surface area contributed by atoms with Gasteiger partial charge in [-0.05, 0) is 26.7 Å². The van der Waals surface area contributed by atoms with Crippen molar-refractivity contribution in [3.8, 4) is 0 Å². The van der Waals surface area contributed by atoms with Crippen molar-refractivity contribution in [1.29, 1.82) is 0 Å². The Hall–Kier alpha value is -1.89. The summed E-state index contributed by atoms with van der Waals surface area (Å²) < 4.78 is 1.84. The van der Waals surface area contributed by atoms with Gasteiger partial charge in [0.15, 0.2) is 5.69 Å². The molecule has 25 heavy (non-hydrogen) atoms. The van der Waals surface area contributed by atoms with Crippen LogP contribution in [0.2, 0.25) is 0 Å². The number of rotatable bonds is 4. The van der Waals surface area contributed by atoms with Gasteiger partial charge in [-0.15, -0.1) is 0 Å². The van der Waals surface area contributed by atoms with Crippen molar-refractivity contribution >= 4 is 11.8 Å². The molecule has 0 aromatic carbocycles. The van der Waals surface area contributed by atoms with Crippen LogP contribution in [0.3, 0.4) is 0 Å². The summed E-state index contributed by atoms with van der Waals surface area (Å²) in [5.74, 6) is 0.0556. The first-order valence-electron chi connectivity index (χ1n) is 9.40. The zero-order chi connectivity index (χ0) is 18.0. The lowest BCUT2D eigenvalue weighted by Crippen LogP contribution is -2.47. The summed E-state index contributed by atoms with van der Waals surface area (Å²) in [6.07, 6.45) is 2.63. The topological polar surface area (TPSA) is 70.5 Å².